The van der Waals surface area contributed by atoms with Gasteiger partial charge in [-0.1, -0.05) is 23.2 Å². The molecule has 1 unspecified atom stereocenters. The van der Waals surface area contributed by atoms with Gasteiger partial charge in [-0.25, -0.2) is 8.42 Å². The molecule has 0 N–H and O–H groups in total. The first-order chi connectivity index (χ1) is 8.41. The molecule has 0 aliphatic heterocycles. The first kappa shape index (κ1) is 13.8. The van der Waals surface area contributed by atoms with Gasteiger partial charge < -0.3 is 0 Å². The molecule has 0 amide bonds. The summed E-state index contributed by atoms with van der Waals surface area (Å²) in [7, 11) is -3.50. The molecule has 6 heteroatoms. The molecule has 0 radical (unpaired) electrons. The van der Waals surface area contributed by atoms with Crippen LogP contribution >= 0.6 is 23.2 Å². The van der Waals surface area contributed by atoms with Crippen molar-refractivity contribution in [3.05, 3.63) is 28.2 Å². The molecule has 3 nitrogen and oxygen atoms in total. The van der Waals surface area contributed by atoms with E-state index in [0.29, 0.717) is 24.3 Å². The lowest BCUT2D eigenvalue weighted by molar-refractivity contribution is -0.120. The van der Waals surface area contributed by atoms with E-state index in [1.807, 2.05) is 0 Å². The van der Waals surface area contributed by atoms with E-state index in [9.17, 15) is 13.2 Å². The van der Waals surface area contributed by atoms with Gasteiger partial charge in [0.15, 0.2) is 9.84 Å². The lowest BCUT2D eigenvalue weighted by Crippen LogP contribution is -2.28. The molecule has 18 heavy (non-hydrogen) atoms. The Morgan fingerprint density at radius 2 is 1.89 bits per heavy atom. The monoisotopic (exact) mass is 306 g/mol. The van der Waals surface area contributed by atoms with E-state index in [4.69, 9.17) is 23.2 Å². The van der Waals surface area contributed by atoms with Gasteiger partial charge >= 0.3 is 0 Å². The number of Topliss-reactive ketones (excluding diaryl/α,β-unsaturated/α-hetero) is 1. The maximum Gasteiger partial charge on any atom is 0.181 e. The molecule has 0 heterocycles. The van der Waals surface area contributed by atoms with E-state index in [0.717, 1.165) is 0 Å². The number of hydrogen-bond donors (Lipinski definition) is 0. The van der Waals surface area contributed by atoms with Crippen LogP contribution in [0.15, 0.2) is 23.1 Å². The van der Waals surface area contributed by atoms with Gasteiger partial charge in [0.25, 0.3) is 0 Å². The molecule has 0 bridgehead atoms. The summed E-state index contributed by atoms with van der Waals surface area (Å²) in [6.07, 6.45) is 1.73. The molecule has 0 aromatic heterocycles. The summed E-state index contributed by atoms with van der Waals surface area (Å²) in [6, 6.07) is 4.24. The highest BCUT2D eigenvalue weighted by atomic mass is 35.5. The van der Waals surface area contributed by atoms with Crippen molar-refractivity contribution in [2.24, 2.45) is 0 Å². The summed E-state index contributed by atoms with van der Waals surface area (Å²) in [5, 5.41) is -0.105. The third-order valence-electron chi connectivity index (χ3n) is 3.10. The Kier molecular flexibility index (Phi) is 3.99. The highest BCUT2D eigenvalue weighted by Gasteiger charge is 2.32. The van der Waals surface area contributed by atoms with Gasteiger partial charge in [0.2, 0.25) is 0 Å². The number of carbonyl (C=O) groups is 1. The van der Waals surface area contributed by atoms with Crippen LogP contribution in [0.5, 0.6) is 0 Å². The maximum atomic E-state index is 12.3. The quantitative estimate of drug-likeness (QED) is 0.842. The van der Waals surface area contributed by atoms with E-state index in [2.05, 4.69) is 0 Å². The van der Waals surface area contributed by atoms with Crippen LogP contribution in [0.25, 0.3) is 0 Å². The Hall–Kier alpha value is -0.580. The molecule has 1 aromatic carbocycles. The predicted octanol–water partition coefficient (Wildman–Crippen LogP) is 3.28. The predicted molar refractivity (Wildman–Crippen MR) is 70.9 cm³/mol. The second-order valence-corrected chi connectivity index (χ2v) is 7.42. The fraction of sp³-hybridized carbons (Fsp3) is 0.417. The number of benzene rings is 1. The lowest BCUT2D eigenvalue weighted by Gasteiger charge is -2.21. The standard InChI is InChI=1S/C12H12Cl2O3S/c13-11-5-4-10(7-12(11)14)18(16,17)9-3-1-2-8(15)6-9/h4-5,7,9H,1-3,6H2. The Morgan fingerprint density at radius 3 is 2.50 bits per heavy atom. The van der Waals surface area contributed by atoms with Gasteiger partial charge in [-0.3, -0.25) is 4.79 Å². The number of hydrogen-bond acceptors (Lipinski definition) is 3. The fourth-order valence-electron chi connectivity index (χ4n) is 2.10. The molecule has 0 spiro atoms. The van der Waals surface area contributed by atoms with E-state index in [1.54, 1.807) is 0 Å². The fourth-order valence-corrected chi connectivity index (χ4v) is 4.27. The number of halogens is 2. The van der Waals surface area contributed by atoms with Crippen LogP contribution in [-0.2, 0) is 14.6 Å². The van der Waals surface area contributed by atoms with Gasteiger partial charge in [0, 0.05) is 12.8 Å². The van der Waals surface area contributed by atoms with Crippen LogP contribution in [0, 0.1) is 0 Å². The van der Waals surface area contributed by atoms with Crippen molar-refractivity contribution in [2.75, 3.05) is 0 Å². The van der Waals surface area contributed by atoms with Crippen LogP contribution in [0.1, 0.15) is 25.7 Å². The molecular formula is C12H12Cl2O3S. The number of carbonyl (C=O) groups excluding carboxylic acids is 1. The van der Waals surface area contributed by atoms with Crippen molar-refractivity contribution < 1.29 is 13.2 Å². The summed E-state index contributed by atoms with van der Waals surface area (Å²) in [5.41, 5.74) is 0. The van der Waals surface area contributed by atoms with E-state index in [1.165, 1.54) is 18.2 Å². The summed E-state index contributed by atoms with van der Waals surface area (Å²) < 4.78 is 24.7. The Balaban J connectivity index is 2.35. The SMILES string of the molecule is O=C1CCCC(S(=O)(=O)c2ccc(Cl)c(Cl)c2)C1. The minimum Gasteiger partial charge on any atom is -0.300 e. The molecule has 1 aliphatic rings. The van der Waals surface area contributed by atoms with Crippen LogP contribution in [0.2, 0.25) is 10.0 Å². The molecule has 0 saturated heterocycles. The van der Waals surface area contributed by atoms with Crippen molar-refractivity contribution >= 4 is 38.8 Å². The Labute approximate surface area is 116 Å². The second-order valence-electron chi connectivity index (χ2n) is 4.38. The summed E-state index contributed by atoms with van der Waals surface area (Å²) in [5.74, 6) is 0.00915. The van der Waals surface area contributed by atoms with Crippen LogP contribution in [-0.4, -0.2) is 19.5 Å². The summed E-state index contributed by atoms with van der Waals surface area (Å²) >= 11 is 11.6. The molecular weight excluding hydrogens is 295 g/mol. The Morgan fingerprint density at radius 1 is 1.17 bits per heavy atom. The third kappa shape index (κ3) is 2.71. The van der Waals surface area contributed by atoms with Crippen molar-refractivity contribution in [3.63, 3.8) is 0 Å². The largest absolute Gasteiger partial charge is 0.300 e. The second kappa shape index (κ2) is 5.19. The summed E-state index contributed by atoms with van der Waals surface area (Å²) in [6.45, 7) is 0. The number of rotatable bonds is 2. The molecule has 1 fully saturated rings. The number of sulfone groups is 1. The minimum absolute atomic E-state index is 0.00915. The molecule has 1 atom stereocenters. The normalized spacial score (nSPS) is 21.0. The average Bonchev–Trinajstić information content (AvgIpc) is 2.32. The zero-order valence-corrected chi connectivity index (χ0v) is 11.9. The van der Waals surface area contributed by atoms with Crippen molar-refractivity contribution in [2.45, 2.75) is 35.8 Å². The van der Waals surface area contributed by atoms with Crippen LogP contribution in [0.3, 0.4) is 0 Å². The van der Waals surface area contributed by atoms with Gasteiger partial charge in [0.05, 0.1) is 20.2 Å². The smallest absolute Gasteiger partial charge is 0.181 e. The third-order valence-corrected chi connectivity index (χ3v) is 6.03. The highest BCUT2D eigenvalue weighted by Crippen LogP contribution is 2.30. The highest BCUT2D eigenvalue weighted by molar-refractivity contribution is 7.92. The van der Waals surface area contributed by atoms with Crippen LogP contribution < -0.4 is 0 Å². The zero-order chi connectivity index (χ0) is 13.3. The maximum absolute atomic E-state index is 12.3. The van der Waals surface area contributed by atoms with Gasteiger partial charge in [-0.2, -0.15) is 0 Å². The molecule has 1 saturated carbocycles. The Bertz CT molecular complexity index is 581. The molecule has 1 aliphatic carbocycles. The molecule has 98 valence electrons. The summed E-state index contributed by atoms with van der Waals surface area (Å²) in [4.78, 5) is 11.5. The molecule has 1 aromatic rings. The van der Waals surface area contributed by atoms with Crippen molar-refractivity contribution in [3.8, 4) is 0 Å². The average molecular weight is 307 g/mol. The van der Waals surface area contributed by atoms with E-state index in [-0.39, 0.29) is 22.1 Å². The van der Waals surface area contributed by atoms with E-state index < -0.39 is 15.1 Å². The minimum atomic E-state index is -3.50. The van der Waals surface area contributed by atoms with E-state index >= 15 is 0 Å². The topological polar surface area (TPSA) is 51.2 Å². The zero-order valence-electron chi connectivity index (χ0n) is 9.53. The number of ketones is 1. The first-order valence-corrected chi connectivity index (χ1v) is 7.92. The lowest BCUT2D eigenvalue weighted by atomic mass is 9.99. The van der Waals surface area contributed by atoms with Crippen LogP contribution in [0.4, 0.5) is 0 Å². The van der Waals surface area contributed by atoms with Gasteiger partial charge in [0.1, 0.15) is 5.78 Å². The molecule has 2 rings (SSSR count). The van der Waals surface area contributed by atoms with Crippen molar-refractivity contribution in [1.29, 1.82) is 0 Å². The first-order valence-electron chi connectivity index (χ1n) is 5.62. The van der Waals surface area contributed by atoms with Gasteiger partial charge in [-0.15, -0.1) is 0 Å². The van der Waals surface area contributed by atoms with Gasteiger partial charge in [-0.05, 0) is 31.0 Å². The van der Waals surface area contributed by atoms with Crippen molar-refractivity contribution in [1.82, 2.24) is 0 Å².